The van der Waals surface area contributed by atoms with Gasteiger partial charge in [0, 0.05) is 11.2 Å². The fourth-order valence-corrected chi connectivity index (χ4v) is 3.51. The van der Waals surface area contributed by atoms with Crippen molar-refractivity contribution in [3.05, 3.63) is 34.9 Å². The van der Waals surface area contributed by atoms with Crippen LogP contribution in [-0.2, 0) is 0 Å². The van der Waals surface area contributed by atoms with Crippen molar-refractivity contribution in [3.63, 3.8) is 0 Å². The summed E-state index contributed by atoms with van der Waals surface area (Å²) in [7, 11) is 0. The van der Waals surface area contributed by atoms with Crippen LogP contribution in [-0.4, -0.2) is 3.79 Å². The highest BCUT2D eigenvalue weighted by atomic mass is 79.9. The highest BCUT2D eigenvalue weighted by molar-refractivity contribution is 9.09. The van der Waals surface area contributed by atoms with Gasteiger partial charge < -0.3 is 0 Å². The van der Waals surface area contributed by atoms with Gasteiger partial charge in [-0.1, -0.05) is 74.5 Å². The molecular weight excluding hydrogens is 318 g/mol. The SMILES string of the molecule is Cc1ccc(C(Br)CC(Cl)(Cl)Cl)c(C)c1. The van der Waals surface area contributed by atoms with Crippen LogP contribution < -0.4 is 0 Å². The number of hydrogen-bond donors (Lipinski definition) is 0. The first-order valence-corrected chi connectivity index (χ1v) is 6.62. The van der Waals surface area contributed by atoms with Crippen molar-refractivity contribution >= 4 is 50.7 Å². The molecule has 0 heterocycles. The maximum absolute atomic E-state index is 5.76. The molecule has 0 aliphatic rings. The lowest BCUT2D eigenvalue weighted by Gasteiger charge is -2.18. The fourth-order valence-electron chi connectivity index (χ4n) is 1.49. The molecule has 1 unspecified atom stereocenters. The molecule has 0 amide bonds. The van der Waals surface area contributed by atoms with E-state index >= 15 is 0 Å². The first-order chi connectivity index (χ1) is 6.79. The highest BCUT2D eigenvalue weighted by Crippen LogP contribution is 2.41. The summed E-state index contributed by atoms with van der Waals surface area (Å²) in [6.45, 7) is 4.13. The largest absolute Gasteiger partial charge is 0.192 e. The van der Waals surface area contributed by atoms with Gasteiger partial charge in [0.15, 0.2) is 3.79 Å². The van der Waals surface area contributed by atoms with E-state index in [1.165, 1.54) is 16.7 Å². The van der Waals surface area contributed by atoms with Crippen LogP contribution in [0, 0.1) is 13.8 Å². The van der Waals surface area contributed by atoms with E-state index in [-0.39, 0.29) is 4.83 Å². The zero-order valence-corrected chi connectivity index (χ0v) is 12.4. The van der Waals surface area contributed by atoms with Gasteiger partial charge >= 0.3 is 0 Å². The summed E-state index contributed by atoms with van der Waals surface area (Å²) in [6.07, 6.45) is 0.460. The molecule has 0 saturated heterocycles. The van der Waals surface area contributed by atoms with Crippen LogP contribution in [0.3, 0.4) is 0 Å². The summed E-state index contributed by atoms with van der Waals surface area (Å²) in [5, 5.41) is 0. The normalized spacial score (nSPS) is 14.0. The minimum atomic E-state index is -1.22. The molecule has 84 valence electrons. The Morgan fingerprint density at radius 3 is 2.33 bits per heavy atom. The molecule has 0 aromatic heterocycles. The van der Waals surface area contributed by atoms with Crippen molar-refractivity contribution in [2.75, 3.05) is 0 Å². The summed E-state index contributed by atoms with van der Waals surface area (Å²) in [6, 6.07) is 6.26. The Balaban J connectivity index is 2.87. The maximum atomic E-state index is 5.76. The topological polar surface area (TPSA) is 0 Å². The molecule has 0 N–H and O–H groups in total. The number of halogens is 4. The average molecular weight is 330 g/mol. The third-order valence-corrected chi connectivity index (χ3v) is 3.45. The van der Waals surface area contributed by atoms with E-state index in [4.69, 9.17) is 34.8 Å². The molecule has 0 bridgehead atoms. The van der Waals surface area contributed by atoms with Crippen molar-refractivity contribution in [3.8, 4) is 0 Å². The number of benzene rings is 1. The van der Waals surface area contributed by atoms with Crippen LogP contribution in [0.2, 0.25) is 0 Å². The predicted octanol–water partition coefficient (Wildman–Crippen LogP) is 5.50. The third kappa shape index (κ3) is 4.52. The van der Waals surface area contributed by atoms with Crippen LogP contribution in [0.15, 0.2) is 18.2 Å². The zero-order chi connectivity index (χ0) is 11.6. The molecule has 15 heavy (non-hydrogen) atoms. The Labute approximate surface area is 114 Å². The summed E-state index contributed by atoms with van der Waals surface area (Å²) in [5.74, 6) is 0. The minimum Gasteiger partial charge on any atom is -0.0837 e. The van der Waals surface area contributed by atoms with Crippen molar-refractivity contribution in [2.24, 2.45) is 0 Å². The lowest BCUT2D eigenvalue weighted by molar-refractivity contribution is 0.837. The molecular formula is C11H12BrCl3. The summed E-state index contributed by atoms with van der Waals surface area (Å²) < 4.78 is -1.22. The van der Waals surface area contributed by atoms with Gasteiger partial charge in [0.05, 0.1) is 0 Å². The summed E-state index contributed by atoms with van der Waals surface area (Å²) >= 11 is 20.8. The first kappa shape index (κ1) is 13.6. The zero-order valence-electron chi connectivity index (χ0n) is 8.53. The smallest absolute Gasteiger partial charge is 0.0837 e. The van der Waals surface area contributed by atoms with Crippen LogP contribution in [0.25, 0.3) is 0 Å². The average Bonchev–Trinajstić information content (AvgIpc) is 1.99. The highest BCUT2D eigenvalue weighted by Gasteiger charge is 2.25. The van der Waals surface area contributed by atoms with E-state index in [0.29, 0.717) is 6.42 Å². The second-order valence-corrected chi connectivity index (χ2v) is 7.27. The van der Waals surface area contributed by atoms with E-state index in [0.717, 1.165) is 0 Å². The van der Waals surface area contributed by atoms with E-state index in [1.807, 2.05) is 0 Å². The van der Waals surface area contributed by atoms with Gasteiger partial charge in [-0.2, -0.15) is 0 Å². The van der Waals surface area contributed by atoms with Gasteiger partial charge in [-0.25, -0.2) is 0 Å². The number of rotatable bonds is 2. The molecule has 1 aromatic carbocycles. The molecule has 1 atom stereocenters. The second kappa shape index (κ2) is 5.27. The van der Waals surface area contributed by atoms with Crippen LogP contribution in [0.5, 0.6) is 0 Å². The number of hydrogen-bond acceptors (Lipinski definition) is 0. The van der Waals surface area contributed by atoms with Crippen LogP contribution in [0.1, 0.15) is 27.9 Å². The summed E-state index contributed by atoms with van der Waals surface area (Å²) in [4.78, 5) is 0.0746. The van der Waals surface area contributed by atoms with Crippen molar-refractivity contribution in [1.29, 1.82) is 0 Å². The number of aryl methyl sites for hydroxylation is 2. The molecule has 4 heteroatoms. The predicted molar refractivity (Wildman–Crippen MR) is 72.5 cm³/mol. The van der Waals surface area contributed by atoms with Crippen LogP contribution >= 0.6 is 50.7 Å². The van der Waals surface area contributed by atoms with Crippen molar-refractivity contribution in [1.82, 2.24) is 0 Å². The van der Waals surface area contributed by atoms with Crippen LogP contribution in [0.4, 0.5) is 0 Å². The minimum absolute atomic E-state index is 0.0746. The van der Waals surface area contributed by atoms with Gasteiger partial charge in [0.2, 0.25) is 0 Å². The Bertz CT molecular complexity index is 344. The van der Waals surface area contributed by atoms with Gasteiger partial charge in [-0.05, 0) is 25.0 Å². The summed E-state index contributed by atoms with van der Waals surface area (Å²) in [5.41, 5.74) is 3.63. The first-order valence-electron chi connectivity index (χ1n) is 4.57. The number of alkyl halides is 4. The standard InChI is InChI=1S/C11H12BrCl3/c1-7-3-4-9(8(2)5-7)10(12)6-11(13,14)15/h3-5,10H,6H2,1-2H3. The molecule has 0 aliphatic carbocycles. The van der Waals surface area contributed by atoms with E-state index in [1.54, 1.807) is 0 Å². The molecule has 0 aliphatic heterocycles. The Morgan fingerprint density at radius 2 is 1.87 bits per heavy atom. The molecule has 0 saturated carbocycles. The molecule has 0 radical (unpaired) electrons. The quantitative estimate of drug-likeness (QED) is 0.628. The maximum Gasteiger partial charge on any atom is 0.192 e. The second-order valence-electron chi connectivity index (χ2n) is 3.65. The van der Waals surface area contributed by atoms with E-state index in [2.05, 4.69) is 48.0 Å². The lowest BCUT2D eigenvalue weighted by Crippen LogP contribution is -2.07. The monoisotopic (exact) mass is 328 g/mol. The fraction of sp³-hybridized carbons (Fsp3) is 0.455. The molecule has 1 aromatic rings. The van der Waals surface area contributed by atoms with E-state index in [9.17, 15) is 0 Å². The van der Waals surface area contributed by atoms with Crippen molar-refractivity contribution < 1.29 is 0 Å². The van der Waals surface area contributed by atoms with E-state index < -0.39 is 3.79 Å². The third-order valence-electron chi connectivity index (χ3n) is 2.17. The Hall–Kier alpha value is 0.570. The Kier molecular flexibility index (Phi) is 4.79. The van der Waals surface area contributed by atoms with Gasteiger partial charge in [-0.3, -0.25) is 0 Å². The van der Waals surface area contributed by atoms with Gasteiger partial charge in [0.1, 0.15) is 0 Å². The van der Waals surface area contributed by atoms with Gasteiger partial charge in [0.25, 0.3) is 0 Å². The lowest BCUT2D eigenvalue weighted by atomic mass is 10.0. The van der Waals surface area contributed by atoms with Crippen molar-refractivity contribution in [2.45, 2.75) is 28.9 Å². The molecule has 1 rings (SSSR count). The van der Waals surface area contributed by atoms with Gasteiger partial charge in [-0.15, -0.1) is 0 Å². The molecule has 0 nitrogen and oxygen atoms in total. The molecule has 0 spiro atoms. The Morgan fingerprint density at radius 1 is 1.27 bits per heavy atom. The molecule has 0 fully saturated rings.